The molecule has 0 aromatic carbocycles. The molecule has 0 amide bonds. The first kappa shape index (κ1) is 10.1. The van der Waals surface area contributed by atoms with Gasteiger partial charge in [0.2, 0.25) is 0 Å². The predicted molar refractivity (Wildman–Crippen MR) is 31.1 cm³/mol. The Morgan fingerprint density at radius 2 is 1.73 bits per heavy atom. The maximum Gasteiger partial charge on any atom is 0.673 e. The van der Waals surface area contributed by atoms with Crippen LogP contribution in [0.1, 0.15) is 0 Å². The molecule has 0 aromatic heterocycles. The quantitative estimate of drug-likeness (QED) is 0.409. The lowest BCUT2D eigenvalue weighted by Gasteiger charge is -1.94. The number of quaternary nitrogens is 1. The van der Waals surface area contributed by atoms with E-state index in [1.54, 1.807) is 6.20 Å². The first-order valence-corrected chi connectivity index (χ1v) is 2.68. The summed E-state index contributed by atoms with van der Waals surface area (Å²) in [5.74, 6) is 0. The van der Waals surface area contributed by atoms with E-state index in [2.05, 4.69) is 10.3 Å². The van der Waals surface area contributed by atoms with E-state index >= 15 is 0 Å². The van der Waals surface area contributed by atoms with E-state index in [9.17, 15) is 17.3 Å². The summed E-state index contributed by atoms with van der Waals surface area (Å²) in [4.78, 5) is 0. The minimum absolute atomic E-state index is 0.981. The van der Waals surface area contributed by atoms with Crippen LogP contribution in [0.5, 0.6) is 0 Å². The molecule has 1 aliphatic rings. The summed E-state index contributed by atoms with van der Waals surface area (Å²) in [5.41, 5.74) is 0. The molecular formula is C3H6BF4N3. The summed E-state index contributed by atoms with van der Waals surface area (Å²) >= 11 is 0. The Balaban J connectivity index is 0.000000187. The molecule has 0 aliphatic carbocycles. The number of nitrogens with one attached hydrogen (secondary N) is 1. The third kappa shape index (κ3) is 12.3. The Hall–Kier alpha value is -0.915. The molecule has 0 spiro atoms. The molecule has 1 aliphatic heterocycles. The molecule has 64 valence electrons. The first-order chi connectivity index (χ1) is 4.89. The van der Waals surface area contributed by atoms with E-state index < -0.39 is 7.25 Å². The number of rotatable bonds is 0. The average Bonchev–Trinajstić information content (AvgIpc) is 2.12. The van der Waals surface area contributed by atoms with Gasteiger partial charge in [0.1, 0.15) is 12.4 Å². The van der Waals surface area contributed by atoms with E-state index in [1.807, 2.05) is 13.2 Å². The summed E-state index contributed by atoms with van der Waals surface area (Å²) in [6.07, 6.45) is 3.54. The van der Waals surface area contributed by atoms with Gasteiger partial charge >= 0.3 is 7.25 Å². The fraction of sp³-hybridized carbons (Fsp3) is 0.333. The van der Waals surface area contributed by atoms with Gasteiger partial charge in [-0.1, -0.05) is 0 Å². The van der Waals surface area contributed by atoms with Crippen LogP contribution in [-0.4, -0.2) is 14.3 Å². The Labute approximate surface area is 60.5 Å². The molecule has 1 rings (SSSR count). The molecule has 1 atom stereocenters. The van der Waals surface area contributed by atoms with Gasteiger partial charge in [-0.05, 0) is 0 Å². The standard InChI is InChI=1S/C3H5N3.BF4/c1-6-3-2-4-5-6;2-1(3,4)5/h2-3H,1H3;/q;-1/p+1. The van der Waals surface area contributed by atoms with E-state index in [4.69, 9.17) is 0 Å². The van der Waals surface area contributed by atoms with Crippen LogP contribution < -0.4 is 5.01 Å². The topological polar surface area (TPSA) is 29.2 Å². The Morgan fingerprint density at radius 3 is 1.82 bits per heavy atom. The van der Waals surface area contributed by atoms with E-state index in [-0.39, 0.29) is 0 Å². The first-order valence-electron chi connectivity index (χ1n) is 2.68. The van der Waals surface area contributed by atoms with Crippen molar-refractivity contribution in [3.8, 4) is 0 Å². The van der Waals surface area contributed by atoms with Crippen LogP contribution in [0, 0.1) is 0 Å². The Morgan fingerprint density at radius 1 is 1.27 bits per heavy atom. The van der Waals surface area contributed by atoms with Crippen molar-refractivity contribution in [2.24, 2.45) is 10.3 Å². The van der Waals surface area contributed by atoms with Crippen LogP contribution in [0.3, 0.4) is 0 Å². The van der Waals surface area contributed by atoms with E-state index in [0.717, 1.165) is 5.01 Å². The highest BCUT2D eigenvalue weighted by atomic mass is 19.5. The van der Waals surface area contributed by atoms with Crippen LogP contribution in [0.25, 0.3) is 0 Å². The molecule has 1 N–H and O–H groups in total. The molecule has 1 unspecified atom stereocenters. The van der Waals surface area contributed by atoms with Crippen molar-refractivity contribution < 1.29 is 22.3 Å². The third-order valence-corrected chi connectivity index (χ3v) is 0.598. The van der Waals surface area contributed by atoms with Crippen molar-refractivity contribution in [2.45, 2.75) is 0 Å². The van der Waals surface area contributed by atoms with Gasteiger partial charge in [-0.15, -0.1) is 5.11 Å². The van der Waals surface area contributed by atoms with Crippen LogP contribution in [0.2, 0.25) is 0 Å². The zero-order valence-corrected chi connectivity index (χ0v) is 5.64. The second-order valence-corrected chi connectivity index (χ2v) is 1.67. The molecule has 8 heteroatoms. The summed E-state index contributed by atoms with van der Waals surface area (Å²) in [5, 5.41) is 8.22. The lowest BCUT2D eigenvalue weighted by atomic mass is 10.3. The molecule has 0 fully saturated rings. The van der Waals surface area contributed by atoms with Crippen LogP contribution in [0.15, 0.2) is 22.7 Å². The normalized spacial score (nSPS) is 21.4. The van der Waals surface area contributed by atoms with Crippen molar-refractivity contribution in [3.63, 3.8) is 0 Å². The molecule has 1 heterocycles. The summed E-state index contributed by atoms with van der Waals surface area (Å²) in [6, 6.07) is 0. The van der Waals surface area contributed by atoms with E-state index in [1.165, 1.54) is 0 Å². The smallest absolute Gasteiger partial charge is 0.418 e. The fourth-order valence-electron chi connectivity index (χ4n) is 0.299. The molecule has 0 saturated carbocycles. The van der Waals surface area contributed by atoms with Crippen molar-refractivity contribution in [1.29, 1.82) is 0 Å². The second-order valence-electron chi connectivity index (χ2n) is 1.67. The SMILES string of the molecule is C[NH+]1C=CN=N1.F[B-](F)(F)F. The highest BCUT2D eigenvalue weighted by Crippen LogP contribution is 2.06. The number of hydrogen-bond acceptors (Lipinski definition) is 2. The van der Waals surface area contributed by atoms with Gasteiger partial charge < -0.3 is 17.3 Å². The zero-order valence-electron chi connectivity index (χ0n) is 5.64. The number of hydrogen-bond donors (Lipinski definition) is 1. The van der Waals surface area contributed by atoms with Gasteiger partial charge in [-0.25, -0.2) is 0 Å². The number of nitrogens with zero attached hydrogens (tertiary/aromatic N) is 2. The van der Waals surface area contributed by atoms with Gasteiger partial charge in [0.25, 0.3) is 0 Å². The molecule has 11 heavy (non-hydrogen) atoms. The van der Waals surface area contributed by atoms with E-state index in [0.29, 0.717) is 0 Å². The van der Waals surface area contributed by atoms with Crippen molar-refractivity contribution >= 4 is 7.25 Å². The minimum atomic E-state index is -6.00. The molecule has 0 aromatic rings. The lowest BCUT2D eigenvalue weighted by Crippen LogP contribution is -2.97. The second kappa shape index (κ2) is 4.07. The van der Waals surface area contributed by atoms with Crippen molar-refractivity contribution in [3.05, 3.63) is 12.4 Å². The highest BCUT2D eigenvalue weighted by Gasteiger charge is 2.20. The van der Waals surface area contributed by atoms with Gasteiger partial charge in [-0.2, -0.15) is 5.01 Å². The maximum absolute atomic E-state index is 9.75. The predicted octanol–water partition coefficient (Wildman–Crippen LogP) is 0.653. The van der Waals surface area contributed by atoms with Gasteiger partial charge in [0, 0.05) is 5.22 Å². The summed E-state index contributed by atoms with van der Waals surface area (Å²) in [7, 11) is -4.09. The van der Waals surface area contributed by atoms with Crippen molar-refractivity contribution in [1.82, 2.24) is 0 Å². The summed E-state index contributed by atoms with van der Waals surface area (Å²) < 4.78 is 39.0. The average molecular weight is 171 g/mol. The molecular weight excluding hydrogens is 165 g/mol. The monoisotopic (exact) mass is 171 g/mol. The maximum atomic E-state index is 9.75. The van der Waals surface area contributed by atoms with Crippen LogP contribution >= 0.6 is 0 Å². The zero-order chi connectivity index (χ0) is 8.91. The Bertz CT molecular complexity index is 146. The largest absolute Gasteiger partial charge is 0.673 e. The van der Waals surface area contributed by atoms with Gasteiger partial charge in [-0.3, -0.25) is 0 Å². The number of halogens is 4. The minimum Gasteiger partial charge on any atom is -0.418 e. The molecule has 0 saturated heterocycles. The lowest BCUT2D eigenvalue weighted by molar-refractivity contribution is -0.833. The van der Waals surface area contributed by atoms with Gasteiger partial charge in [0.05, 0.1) is 7.05 Å². The summed E-state index contributed by atoms with van der Waals surface area (Å²) in [6.45, 7) is 0. The Kier molecular flexibility index (Phi) is 3.73. The molecule has 0 bridgehead atoms. The molecule has 0 radical (unpaired) electrons. The third-order valence-electron chi connectivity index (χ3n) is 0.598. The fourth-order valence-corrected chi connectivity index (χ4v) is 0.299. The highest BCUT2D eigenvalue weighted by molar-refractivity contribution is 6.50. The van der Waals surface area contributed by atoms with Gasteiger partial charge in [0.15, 0.2) is 0 Å². The molecule has 3 nitrogen and oxygen atoms in total. The van der Waals surface area contributed by atoms with Crippen molar-refractivity contribution in [2.75, 3.05) is 7.05 Å². The van der Waals surface area contributed by atoms with Crippen LogP contribution in [0.4, 0.5) is 17.3 Å². The van der Waals surface area contributed by atoms with Crippen LogP contribution in [-0.2, 0) is 0 Å².